The lowest BCUT2D eigenvalue weighted by Gasteiger charge is -2.24. The van der Waals surface area contributed by atoms with Gasteiger partial charge in [-0.05, 0) is 74.6 Å². The van der Waals surface area contributed by atoms with Gasteiger partial charge >= 0.3 is 0 Å². The summed E-state index contributed by atoms with van der Waals surface area (Å²) >= 11 is 4.40. The number of benzene rings is 2. The van der Waals surface area contributed by atoms with Crippen molar-refractivity contribution in [3.63, 3.8) is 0 Å². The lowest BCUT2D eigenvalue weighted by molar-refractivity contribution is 0.244. The molecule has 2 aromatic rings. The van der Waals surface area contributed by atoms with Crippen molar-refractivity contribution in [2.75, 3.05) is 0 Å². The molecule has 0 saturated heterocycles. The van der Waals surface area contributed by atoms with Crippen LogP contribution in [0.3, 0.4) is 0 Å². The zero-order chi connectivity index (χ0) is 20.1. The van der Waals surface area contributed by atoms with E-state index in [1.54, 1.807) is 0 Å². The fourth-order valence-corrected chi connectivity index (χ4v) is 4.47. The molecule has 1 nitrogen and oxygen atoms in total. The molecule has 28 heavy (non-hydrogen) atoms. The second-order valence-corrected chi connectivity index (χ2v) is 9.02. The molecule has 0 aromatic heterocycles. The number of hydrogen-bond acceptors (Lipinski definition) is 2. The molecule has 0 amide bonds. The lowest BCUT2D eigenvalue weighted by atomic mass is 9.82. The van der Waals surface area contributed by atoms with Crippen LogP contribution in [0.15, 0.2) is 60.0 Å². The van der Waals surface area contributed by atoms with Gasteiger partial charge in [0.25, 0.3) is 0 Å². The number of ether oxygens (including phenoxy) is 1. The first-order valence-corrected chi connectivity index (χ1v) is 11.2. The maximum atomic E-state index is 6.24. The number of allylic oxidation sites excluding steroid dienone is 2. The van der Waals surface area contributed by atoms with Crippen LogP contribution in [0.1, 0.15) is 45.1 Å². The molecule has 1 atom stereocenters. The summed E-state index contributed by atoms with van der Waals surface area (Å²) in [6, 6.07) is 12.6. The molecule has 0 aliphatic heterocycles. The first-order valence-electron chi connectivity index (χ1n) is 10.2. The van der Waals surface area contributed by atoms with Gasteiger partial charge in [-0.25, -0.2) is 0 Å². The zero-order valence-electron chi connectivity index (χ0n) is 16.9. The zero-order valence-corrected chi connectivity index (χ0v) is 18.9. The molecule has 148 valence electrons. The highest BCUT2D eigenvalue weighted by molar-refractivity contribution is 7.80. The Kier molecular flexibility index (Phi) is 7.43. The summed E-state index contributed by atoms with van der Waals surface area (Å²) in [7, 11) is 2.89. The van der Waals surface area contributed by atoms with Crippen LogP contribution in [0, 0.1) is 11.8 Å². The van der Waals surface area contributed by atoms with Gasteiger partial charge in [0, 0.05) is 15.8 Å². The second kappa shape index (κ2) is 9.81. The SMILES string of the molecule is C=CC1CCC(/C=C/c2ccc(-c3ccc(S)cc3)c(P)c2OC(C)C)CC1. The minimum Gasteiger partial charge on any atom is -0.490 e. The van der Waals surface area contributed by atoms with Gasteiger partial charge < -0.3 is 4.74 Å². The Balaban J connectivity index is 1.88. The van der Waals surface area contributed by atoms with Gasteiger partial charge in [-0.3, -0.25) is 0 Å². The van der Waals surface area contributed by atoms with Crippen molar-refractivity contribution in [2.24, 2.45) is 11.8 Å². The number of thiol groups is 1. The highest BCUT2D eigenvalue weighted by Gasteiger charge is 2.18. The first kappa shape index (κ1) is 21.2. The molecular weight excluding hydrogens is 379 g/mol. The van der Waals surface area contributed by atoms with E-state index in [4.69, 9.17) is 4.74 Å². The topological polar surface area (TPSA) is 9.23 Å². The van der Waals surface area contributed by atoms with Crippen LogP contribution < -0.4 is 10.0 Å². The first-order chi connectivity index (χ1) is 13.5. The third-order valence-electron chi connectivity index (χ3n) is 5.46. The monoisotopic (exact) mass is 410 g/mol. The molecule has 3 rings (SSSR count). The quantitative estimate of drug-likeness (QED) is 0.308. The van der Waals surface area contributed by atoms with Crippen molar-refractivity contribution in [1.82, 2.24) is 0 Å². The van der Waals surface area contributed by atoms with Crippen LogP contribution in [0.2, 0.25) is 0 Å². The summed E-state index contributed by atoms with van der Waals surface area (Å²) in [5, 5.41) is 1.11. The van der Waals surface area contributed by atoms with E-state index >= 15 is 0 Å². The van der Waals surface area contributed by atoms with Gasteiger partial charge in [0.2, 0.25) is 0 Å². The van der Waals surface area contributed by atoms with Gasteiger partial charge in [-0.15, -0.1) is 28.4 Å². The third kappa shape index (κ3) is 5.31. The molecule has 1 unspecified atom stereocenters. The molecule has 2 aromatic carbocycles. The van der Waals surface area contributed by atoms with Crippen molar-refractivity contribution in [1.29, 1.82) is 0 Å². The highest BCUT2D eigenvalue weighted by atomic mass is 32.1. The van der Waals surface area contributed by atoms with Crippen molar-refractivity contribution < 1.29 is 4.74 Å². The highest BCUT2D eigenvalue weighted by Crippen LogP contribution is 2.33. The summed E-state index contributed by atoms with van der Waals surface area (Å²) in [4.78, 5) is 0.971. The Bertz CT molecular complexity index is 830. The van der Waals surface area contributed by atoms with Crippen LogP contribution in [0.25, 0.3) is 17.2 Å². The van der Waals surface area contributed by atoms with Crippen molar-refractivity contribution in [3.05, 3.63) is 60.7 Å². The average Bonchev–Trinajstić information content (AvgIpc) is 2.69. The Morgan fingerprint density at radius 2 is 1.68 bits per heavy atom. The van der Waals surface area contributed by atoms with Gasteiger partial charge in [0.15, 0.2) is 0 Å². The van der Waals surface area contributed by atoms with E-state index < -0.39 is 0 Å². The lowest BCUT2D eigenvalue weighted by Crippen LogP contribution is -2.14. The van der Waals surface area contributed by atoms with Gasteiger partial charge in [0.05, 0.1) is 6.10 Å². The molecule has 1 aliphatic rings. The minimum absolute atomic E-state index is 0.129. The Labute approximate surface area is 177 Å². The molecular formula is C25H31OPS. The number of hydrogen-bond donors (Lipinski definition) is 1. The molecule has 0 bridgehead atoms. The Hall–Kier alpha value is -1.50. The summed E-state index contributed by atoms with van der Waals surface area (Å²) in [5.41, 5.74) is 3.51. The van der Waals surface area contributed by atoms with E-state index in [9.17, 15) is 0 Å². The normalized spacial score (nSPS) is 19.9. The Morgan fingerprint density at radius 1 is 1.04 bits per heavy atom. The molecule has 3 heteroatoms. The average molecular weight is 411 g/mol. The van der Waals surface area contributed by atoms with E-state index in [2.05, 4.69) is 84.8 Å². The fourth-order valence-electron chi connectivity index (χ4n) is 3.82. The predicted molar refractivity (Wildman–Crippen MR) is 129 cm³/mol. The maximum absolute atomic E-state index is 6.24. The van der Waals surface area contributed by atoms with E-state index in [1.807, 2.05) is 12.1 Å². The Morgan fingerprint density at radius 3 is 2.29 bits per heavy atom. The molecule has 0 N–H and O–H groups in total. The van der Waals surface area contributed by atoms with Crippen LogP contribution in [0.4, 0.5) is 0 Å². The molecule has 1 aliphatic carbocycles. The van der Waals surface area contributed by atoms with Crippen LogP contribution >= 0.6 is 21.9 Å². The van der Waals surface area contributed by atoms with Crippen LogP contribution in [0.5, 0.6) is 5.75 Å². The summed E-state index contributed by atoms with van der Waals surface area (Å²) in [5.74, 6) is 2.31. The summed E-state index contributed by atoms with van der Waals surface area (Å²) in [6.45, 7) is 8.11. The molecule has 0 spiro atoms. The van der Waals surface area contributed by atoms with E-state index in [0.29, 0.717) is 11.8 Å². The van der Waals surface area contributed by atoms with Crippen molar-refractivity contribution in [2.45, 2.75) is 50.5 Å². The molecule has 1 fully saturated rings. The number of rotatable bonds is 6. The van der Waals surface area contributed by atoms with Gasteiger partial charge in [0.1, 0.15) is 5.75 Å². The van der Waals surface area contributed by atoms with Crippen molar-refractivity contribution >= 4 is 33.2 Å². The van der Waals surface area contributed by atoms with E-state index in [-0.39, 0.29) is 6.10 Å². The summed E-state index contributed by atoms with van der Waals surface area (Å²) < 4.78 is 6.24. The molecule has 0 radical (unpaired) electrons. The maximum Gasteiger partial charge on any atom is 0.134 e. The van der Waals surface area contributed by atoms with Crippen LogP contribution in [-0.2, 0) is 0 Å². The molecule has 0 heterocycles. The predicted octanol–water partition coefficient (Wildman–Crippen LogP) is 6.94. The van der Waals surface area contributed by atoms with E-state index in [1.165, 1.54) is 36.8 Å². The smallest absolute Gasteiger partial charge is 0.134 e. The fraction of sp³-hybridized carbons (Fsp3) is 0.360. The van der Waals surface area contributed by atoms with E-state index in [0.717, 1.165) is 21.5 Å². The van der Waals surface area contributed by atoms with Crippen LogP contribution in [-0.4, -0.2) is 6.10 Å². The third-order valence-corrected chi connectivity index (χ3v) is 6.33. The van der Waals surface area contributed by atoms with Gasteiger partial charge in [-0.2, -0.15) is 0 Å². The largest absolute Gasteiger partial charge is 0.490 e. The standard InChI is InChI=1S/C25H31OPS/c1-4-18-5-7-19(8-6-18)9-10-21-13-16-23(20-11-14-22(28)15-12-20)25(27)24(21)26-17(2)3/h4,9-19,28H,1,5-8,27H2,2-3H3/b10-9+. The second-order valence-electron chi connectivity index (χ2n) is 7.93. The minimum atomic E-state index is 0.129. The van der Waals surface area contributed by atoms with Gasteiger partial charge in [-0.1, -0.05) is 42.5 Å². The van der Waals surface area contributed by atoms with Crippen molar-refractivity contribution in [3.8, 4) is 16.9 Å². The molecule has 1 saturated carbocycles. The summed E-state index contributed by atoms with van der Waals surface area (Å²) in [6.07, 6.45) is 11.9.